The first-order valence-corrected chi connectivity index (χ1v) is 5.13. The predicted molar refractivity (Wildman–Crippen MR) is 60.8 cm³/mol. The van der Waals surface area contributed by atoms with Gasteiger partial charge in [-0.15, -0.1) is 0 Å². The molecule has 0 unspecified atom stereocenters. The molecule has 0 fully saturated rings. The summed E-state index contributed by atoms with van der Waals surface area (Å²) in [4.78, 5) is 0. The summed E-state index contributed by atoms with van der Waals surface area (Å²) in [6.07, 6.45) is 1.63. The fraction of sp³-hybridized carbons (Fsp3) is 0.100. The molecule has 5 heteroatoms. The second-order valence-corrected chi connectivity index (χ2v) is 4.13. The Balaban J connectivity index is 2.64. The Bertz CT molecular complexity index is 507. The third-order valence-electron chi connectivity index (χ3n) is 2.23. The van der Waals surface area contributed by atoms with Crippen LogP contribution in [-0.4, -0.2) is 10.2 Å². The molecule has 3 N–H and O–H groups in total. The van der Waals surface area contributed by atoms with Crippen molar-refractivity contribution in [2.45, 2.75) is 6.92 Å². The molecule has 15 heavy (non-hydrogen) atoms. The van der Waals surface area contributed by atoms with Gasteiger partial charge in [-0.2, -0.15) is 5.10 Å². The maximum absolute atomic E-state index is 13.2. The number of aromatic amines is 1. The zero-order valence-corrected chi connectivity index (χ0v) is 9.60. The molecule has 0 atom stereocenters. The Morgan fingerprint density at radius 2 is 2.13 bits per heavy atom. The first-order valence-electron chi connectivity index (χ1n) is 4.34. The number of anilines is 1. The second-order valence-electron chi connectivity index (χ2n) is 3.28. The normalized spacial score (nSPS) is 10.6. The van der Waals surface area contributed by atoms with Crippen LogP contribution >= 0.6 is 15.9 Å². The Hall–Kier alpha value is -1.36. The van der Waals surface area contributed by atoms with Crippen molar-refractivity contribution in [3.8, 4) is 11.1 Å². The van der Waals surface area contributed by atoms with Gasteiger partial charge in [0.25, 0.3) is 0 Å². The molecule has 3 nitrogen and oxygen atoms in total. The minimum Gasteiger partial charge on any atom is -0.384 e. The molecule has 78 valence electrons. The number of nitrogens with two attached hydrogens (primary N) is 1. The van der Waals surface area contributed by atoms with Gasteiger partial charge in [-0.1, -0.05) is 0 Å². The van der Waals surface area contributed by atoms with Crippen molar-refractivity contribution in [3.63, 3.8) is 0 Å². The van der Waals surface area contributed by atoms with Gasteiger partial charge in [0.2, 0.25) is 0 Å². The monoisotopic (exact) mass is 269 g/mol. The lowest BCUT2D eigenvalue weighted by molar-refractivity contribution is 0.620. The first-order chi connectivity index (χ1) is 7.09. The van der Waals surface area contributed by atoms with Crippen molar-refractivity contribution in [2.75, 3.05) is 5.73 Å². The van der Waals surface area contributed by atoms with Crippen LogP contribution in [0.1, 0.15) is 5.56 Å². The summed E-state index contributed by atoms with van der Waals surface area (Å²) in [6, 6.07) is 3.16. The van der Waals surface area contributed by atoms with E-state index in [-0.39, 0.29) is 5.82 Å². The molecule has 0 aliphatic carbocycles. The van der Waals surface area contributed by atoms with E-state index >= 15 is 0 Å². The number of rotatable bonds is 1. The Morgan fingerprint density at radius 1 is 1.40 bits per heavy atom. The molecule has 0 saturated heterocycles. The Morgan fingerprint density at radius 3 is 2.73 bits per heavy atom. The summed E-state index contributed by atoms with van der Waals surface area (Å²) >= 11 is 3.14. The SMILES string of the molecule is Cc1cc(F)c(Br)cc1-c1cn[nH]c1N. The molecule has 0 aliphatic rings. The van der Waals surface area contributed by atoms with Gasteiger partial charge >= 0.3 is 0 Å². The maximum atomic E-state index is 13.2. The number of hydrogen-bond donors (Lipinski definition) is 2. The lowest BCUT2D eigenvalue weighted by Crippen LogP contribution is -1.91. The van der Waals surface area contributed by atoms with Crippen molar-refractivity contribution in [2.24, 2.45) is 0 Å². The molecule has 0 spiro atoms. The van der Waals surface area contributed by atoms with Crippen LogP contribution in [0.2, 0.25) is 0 Å². The fourth-order valence-electron chi connectivity index (χ4n) is 1.45. The number of H-pyrrole nitrogens is 1. The molecular weight excluding hydrogens is 261 g/mol. The van der Waals surface area contributed by atoms with Crippen LogP contribution in [0.25, 0.3) is 11.1 Å². The average Bonchev–Trinajstić information content (AvgIpc) is 2.58. The van der Waals surface area contributed by atoms with E-state index in [1.807, 2.05) is 6.92 Å². The van der Waals surface area contributed by atoms with E-state index in [9.17, 15) is 4.39 Å². The van der Waals surface area contributed by atoms with Gasteiger partial charge in [0.1, 0.15) is 11.6 Å². The molecule has 1 aromatic heterocycles. The van der Waals surface area contributed by atoms with E-state index in [2.05, 4.69) is 26.1 Å². The number of nitrogen functional groups attached to an aromatic ring is 1. The minimum atomic E-state index is -0.279. The third-order valence-corrected chi connectivity index (χ3v) is 2.83. The van der Waals surface area contributed by atoms with Gasteiger partial charge in [-0.3, -0.25) is 5.10 Å². The van der Waals surface area contributed by atoms with Crippen LogP contribution in [0.5, 0.6) is 0 Å². The highest BCUT2D eigenvalue weighted by Crippen LogP contribution is 2.31. The second kappa shape index (κ2) is 3.66. The Kier molecular flexibility index (Phi) is 2.48. The van der Waals surface area contributed by atoms with Crippen molar-refractivity contribution < 1.29 is 4.39 Å². The standard InChI is InChI=1S/C10H9BrFN3/c1-5-2-9(12)8(11)3-6(5)7-4-14-15-10(7)13/h2-4H,1H3,(H3,13,14,15). The number of halogens is 2. The van der Waals surface area contributed by atoms with E-state index in [1.54, 1.807) is 12.3 Å². The molecule has 0 bridgehead atoms. The number of nitrogens with zero attached hydrogens (tertiary/aromatic N) is 1. The van der Waals surface area contributed by atoms with E-state index < -0.39 is 0 Å². The number of hydrogen-bond acceptors (Lipinski definition) is 2. The van der Waals surface area contributed by atoms with Crippen LogP contribution in [0.4, 0.5) is 10.2 Å². The summed E-state index contributed by atoms with van der Waals surface area (Å²) < 4.78 is 13.6. The quantitative estimate of drug-likeness (QED) is 0.837. The van der Waals surface area contributed by atoms with Crippen molar-refractivity contribution in [1.82, 2.24) is 10.2 Å². The molecule has 2 rings (SSSR count). The first kappa shape index (κ1) is 10.2. The average molecular weight is 270 g/mol. The predicted octanol–water partition coefficient (Wildman–Crippen LogP) is 2.87. The zero-order valence-electron chi connectivity index (χ0n) is 8.01. The van der Waals surface area contributed by atoms with E-state index in [1.165, 1.54) is 6.07 Å². The van der Waals surface area contributed by atoms with Crippen LogP contribution in [0.15, 0.2) is 22.8 Å². The molecule has 1 aromatic carbocycles. The largest absolute Gasteiger partial charge is 0.384 e. The summed E-state index contributed by atoms with van der Waals surface area (Å²) in [5.74, 6) is 0.204. The smallest absolute Gasteiger partial charge is 0.137 e. The van der Waals surface area contributed by atoms with Gasteiger partial charge in [-0.25, -0.2) is 4.39 Å². The fourth-order valence-corrected chi connectivity index (χ4v) is 1.79. The highest BCUT2D eigenvalue weighted by Gasteiger charge is 2.10. The Labute approximate surface area is 94.6 Å². The van der Waals surface area contributed by atoms with E-state index in [4.69, 9.17) is 5.73 Å². The van der Waals surface area contributed by atoms with E-state index in [0.29, 0.717) is 10.3 Å². The third kappa shape index (κ3) is 1.74. The molecule has 0 aliphatic heterocycles. The topological polar surface area (TPSA) is 54.7 Å². The number of aromatic nitrogens is 2. The van der Waals surface area contributed by atoms with Gasteiger partial charge in [-0.05, 0) is 46.1 Å². The van der Waals surface area contributed by atoms with Crippen LogP contribution < -0.4 is 5.73 Å². The van der Waals surface area contributed by atoms with Crippen LogP contribution in [-0.2, 0) is 0 Å². The highest BCUT2D eigenvalue weighted by atomic mass is 79.9. The van der Waals surface area contributed by atoms with Crippen molar-refractivity contribution >= 4 is 21.7 Å². The zero-order chi connectivity index (χ0) is 11.0. The van der Waals surface area contributed by atoms with Crippen molar-refractivity contribution in [3.05, 3.63) is 34.2 Å². The molecule has 0 saturated carbocycles. The van der Waals surface area contributed by atoms with Gasteiger partial charge < -0.3 is 5.73 Å². The molecule has 2 aromatic rings. The lowest BCUT2D eigenvalue weighted by atomic mass is 10.0. The minimum absolute atomic E-state index is 0.279. The number of benzene rings is 1. The molecular formula is C10H9BrFN3. The highest BCUT2D eigenvalue weighted by molar-refractivity contribution is 9.10. The van der Waals surface area contributed by atoms with Crippen molar-refractivity contribution in [1.29, 1.82) is 0 Å². The van der Waals surface area contributed by atoms with Crippen LogP contribution in [0.3, 0.4) is 0 Å². The van der Waals surface area contributed by atoms with Gasteiger partial charge in [0, 0.05) is 5.56 Å². The van der Waals surface area contributed by atoms with Gasteiger partial charge in [0.05, 0.1) is 10.7 Å². The number of nitrogens with one attached hydrogen (secondary N) is 1. The van der Waals surface area contributed by atoms with Gasteiger partial charge in [0.15, 0.2) is 0 Å². The summed E-state index contributed by atoms with van der Waals surface area (Å²) in [7, 11) is 0. The maximum Gasteiger partial charge on any atom is 0.137 e. The van der Waals surface area contributed by atoms with E-state index in [0.717, 1.165) is 16.7 Å². The summed E-state index contributed by atoms with van der Waals surface area (Å²) in [5.41, 5.74) is 8.18. The molecule has 0 radical (unpaired) electrons. The summed E-state index contributed by atoms with van der Waals surface area (Å²) in [5, 5.41) is 6.48. The molecule has 0 amide bonds. The molecule has 1 heterocycles. The lowest BCUT2D eigenvalue weighted by Gasteiger charge is -2.06. The summed E-state index contributed by atoms with van der Waals surface area (Å²) in [6.45, 7) is 1.83. The van der Waals surface area contributed by atoms with Crippen LogP contribution in [0, 0.1) is 12.7 Å². The number of aryl methyl sites for hydroxylation is 1.